The maximum Gasteiger partial charge on any atom is 0.244 e. The third-order valence-electron chi connectivity index (χ3n) is 7.09. The van der Waals surface area contributed by atoms with Crippen molar-refractivity contribution in [1.82, 2.24) is 10.2 Å². The van der Waals surface area contributed by atoms with E-state index in [9.17, 15) is 18.0 Å². The SMILES string of the molecule is CC[C@@H](C)NC(=O)[C@H](Cc1ccccc1)N(Cc1ccccc1Cl)C(=O)CN(c1cccc(C)c1C)S(C)(=O)=O. The van der Waals surface area contributed by atoms with Crippen LogP contribution in [0, 0.1) is 13.8 Å². The van der Waals surface area contributed by atoms with Crippen molar-refractivity contribution in [1.29, 1.82) is 0 Å². The number of nitrogens with one attached hydrogen (secondary N) is 1. The third kappa shape index (κ3) is 8.08. The monoisotopic (exact) mass is 583 g/mol. The van der Waals surface area contributed by atoms with Crippen LogP contribution in [0.2, 0.25) is 5.02 Å². The lowest BCUT2D eigenvalue weighted by molar-refractivity contribution is -0.140. The number of nitrogens with zero attached hydrogens (tertiary/aromatic N) is 2. The Morgan fingerprint density at radius 3 is 2.23 bits per heavy atom. The smallest absolute Gasteiger partial charge is 0.244 e. The number of carbonyl (C=O) groups excluding carboxylic acids is 2. The van der Waals surface area contributed by atoms with Gasteiger partial charge in [0.25, 0.3) is 0 Å². The van der Waals surface area contributed by atoms with Crippen LogP contribution in [0.15, 0.2) is 72.8 Å². The van der Waals surface area contributed by atoms with E-state index in [1.54, 1.807) is 30.3 Å². The van der Waals surface area contributed by atoms with Crippen LogP contribution in [0.5, 0.6) is 0 Å². The Hall–Kier alpha value is -3.36. The fourth-order valence-electron chi connectivity index (χ4n) is 4.41. The highest BCUT2D eigenvalue weighted by molar-refractivity contribution is 7.92. The Bertz CT molecular complexity index is 1430. The lowest BCUT2D eigenvalue weighted by Crippen LogP contribution is -2.54. The molecule has 3 aromatic rings. The molecule has 3 rings (SSSR count). The summed E-state index contributed by atoms with van der Waals surface area (Å²) in [4.78, 5) is 29.3. The van der Waals surface area contributed by atoms with Gasteiger partial charge in [-0.2, -0.15) is 0 Å². The molecule has 0 spiro atoms. The number of amides is 2. The van der Waals surface area contributed by atoms with E-state index < -0.39 is 28.5 Å². The molecule has 0 aliphatic heterocycles. The van der Waals surface area contributed by atoms with Crippen molar-refractivity contribution in [2.24, 2.45) is 0 Å². The second kappa shape index (κ2) is 13.8. The van der Waals surface area contributed by atoms with Gasteiger partial charge in [-0.25, -0.2) is 8.42 Å². The molecule has 2 amide bonds. The standard InChI is InChI=1S/C31H38ClN3O4S/c1-6-23(3)33-31(37)29(19-25-14-8-7-9-15-25)34(20-26-16-10-11-17-27(26)32)30(36)21-35(40(5,38)39)28-18-12-13-22(2)24(28)4/h7-18,23,29H,6,19-21H2,1-5H3,(H,33,37)/t23-,29+/m1/s1. The van der Waals surface area contributed by atoms with Gasteiger partial charge in [-0.1, -0.05) is 79.2 Å². The van der Waals surface area contributed by atoms with Crippen molar-refractivity contribution in [2.75, 3.05) is 17.1 Å². The fourth-order valence-corrected chi connectivity index (χ4v) is 5.50. The predicted octanol–water partition coefficient (Wildman–Crippen LogP) is 5.28. The predicted molar refractivity (Wildman–Crippen MR) is 162 cm³/mol. The van der Waals surface area contributed by atoms with Gasteiger partial charge in [0.05, 0.1) is 11.9 Å². The molecule has 0 aromatic heterocycles. The first kappa shape index (κ1) is 31.2. The third-order valence-corrected chi connectivity index (χ3v) is 8.59. The molecule has 40 heavy (non-hydrogen) atoms. The minimum Gasteiger partial charge on any atom is -0.352 e. The van der Waals surface area contributed by atoms with E-state index in [2.05, 4.69) is 5.32 Å². The van der Waals surface area contributed by atoms with Gasteiger partial charge in [-0.3, -0.25) is 13.9 Å². The average molecular weight is 584 g/mol. The average Bonchev–Trinajstić information content (AvgIpc) is 2.91. The summed E-state index contributed by atoms with van der Waals surface area (Å²) >= 11 is 6.49. The van der Waals surface area contributed by atoms with Crippen molar-refractivity contribution in [3.05, 3.63) is 100 Å². The van der Waals surface area contributed by atoms with Crippen molar-refractivity contribution < 1.29 is 18.0 Å². The van der Waals surface area contributed by atoms with Crippen LogP contribution in [-0.4, -0.2) is 50.0 Å². The van der Waals surface area contributed by atoms with Crippen molar-refractivity contribution in [3.63, 3.8) is 0 Å². The maximum atomic E-state index is 14.2. The molecule has 0 saturated carbocycles. The second-order valence-corrected chi connectivity index (χ2v) is 12.4. The van der Waals surface area contributed by atoms with Crippen molar-refractivity contribution >= 4 is 39.1 Å². The Labute approximate surface area is 243 Å². The van der Waals surface area contributed by atoms with Gasteiger partial charge in [0.15, 0.2) is 0 Å². The van der Waals surface area contributed by atoms with E-state index in [0.717, 1.165) is 33.7 Å². The molecule has 7 nitrogen and oxygen atoms in total. The summed E-state index contributed by atoms with van der Waals surface area (Å²) in [6.07, 6.45) is 2.05. The minimum absolute atomic E-state index is 0.0360. The molecular formula is C31H38ClN3O4S. The first-order valence-corrected chi connectivity index (χ1v) is 15.6. The Kier molecular flexibility index (Phi) is 10.8. The van der Waals surface area contributed by atoms with Crippen LogP contribution in [0.4, 0.5) is 5.69 Å². The number of benzene rings is 3. The number of aryl methyl sites for hydroxylation is 1. The van der Waals surface area contributed by atoms with Gasteiger partial charge in [0.2, 0.25) is 21.8 Å². The van der Waals surface area contributed by atoms with E-state index in [-0.39, 0.29) is 24.9 Å². The van der Waals surface area contributed by atoms with Crippen LogP contribution >= 0.6 is 11.6 Å². The van der Waals surface area contributed by atoms with E-state index in [4.69, 9.17) is 11.6 Å². The summed E-state index contributed by atoms with van der Waals surface area (Å²) in [5, 5.41) is 3.47. The van der Waals surface area contributed by atoms with E-state index in [0.29, 0.717) is 16.3 Å². The quantitative estimate of drug-likeness (QED) is 0.314. The van der Waals surface area contributed by atoms with Crippen LogP contribution in [0.25, 0.3) is 0 Å². The molecule has 0 unspecified atom stereocenters. The molecule has 2 atom stereocenters. The summed E-state index contributed by atoms with van der Waals surface area (Å²) in [5.41, 5.74) is 3.62. The van der Waals surface area contributed by atoms with Gasteiger partial charge >= 0.3 is 0 Å². The van der Waals surface area contributed by atoms with Gasteiger partial charge in [-0.15, -0.1) is 0 Å². The molecule has 0 fully saturated rings. The lowest BCUT2D eigenvalue weighted by atomic mass is 10.0. The molecule has 1 N–H and O–H groups in total. The van der Waals surface area contributed by atoms with Gasteiger partial charge in [0.1, 0.15) is 12.6 Å². The molecule has 0 saturated heterocycles. The zero-order chi connectivity index (χ0) is 29.4. The zero-order valence-electron chi connectivity index (χ0n) is 23.7. The zero-order valence-corrected chi connectivity index (χ0v) is 25.3. The number of sulfonamides is 1. The Morgan fingerprint density at radius 1 is 0.950 bits per heavy atom. The largest absolute Gasteiger partial charge is 0.352 e. The minimum atomic E-state index is -3.84. The summed E-state index contributed by atoms with van der Waals surface area (Å²) in [5.74, 6) is -0.817. The van der Waals surface area contributed by atoms with E-state index in [1.807, 2.05) is 70.2 Å². The molecule has 9 heteroatoms. The van der Waals surface area contributed by atoms with Crippen molar-refractivity contribution in [2.45, 2.75) is 59.2 Å². The van der Waals surface area contributed by atoms with Gasteiger partial charge in [-0.05, 0) is 61.6 Å². The van der Waals surface area contributed by atoms with Gasteiger partial charge < -0.3 is 10.2 Å². The van der Waals surface area contributed by atoms with E-state index in [1.165, 1.54) is 4.90 Å². The summed E-state index contributed by atoms with van der Waals surface area (Å²) in [7, 11) is -3.84. The molecule has 3 aromatic carbocycles. The second-order valence-electron chi connectivity index (χ2n) is 10.1. The molecule has 0 aliphatic rings. The molecule has 0 heterocycles. The van der Waals surface area contributed by atoms with Crippen LogP contribution in [0.3, 0.4) is 0 Å². The summed E-state index contributed by atoms with van der Waals surface area (Å²) in [6.45, 7) is 7.16. The van der Waals surface area contributed by atoms with Crippen molar-refractivity contribution in [3.8, 4) is 0 Å². The first-order valence-electron chi connectivity index (χ1n) is 13.3. The molecule has 214 valence electrons. The van der Waals surface area contributed by atoms with Crippen LogP contribution < -0.4 is 9.62 Å². The normalized spacial score (nSPS) is 12.8. The number of halogens is 1. The molecule has 0 aliphatic carbocycles. The van der Waals surface area contributed by atoms with Gasteiger partial charge in [0, 0.05) is 24.0 Å². The Morgan fingerprint density at radius 2 is 1.60 bits per heavy atom. The summed E-state index contributed by atoms with van der Waals surface area (Å²) < 4.78 is 27.1. The molecular weight excluding hydrogens is 546 g/mol. The number of hydrogen-bond acceptors (Lipinski definition) is 4. The first-order chi connectivity index (χ1) is 18.9. The lowest BCUT2D eigenvalue weighted by Gasteiger charge is -2.34. The number of rotatable bonds is 12. The number of anilines is 1. The van der Waals surface area contributed by atoms with Crippen LogP contribution in [0.1, 0.15) is 42.5 Å². The highest BCUT2D eigenvalue weighted by Crippen LogP contribution is 2.26. The highest BCUT2D eigenvalue weighted by Gasteiger charge is 2.34. The number of carbonyl (C=O) groups is 2. The Balaban J connectivity index is 2.10. The topological polar surface area (TPSA) is 86.8 Å². The molecule has 0 radical (unpaired) electrons. The molecule has 0 bridgehead atoms. The maximum absolute atomic E-state index is 14.2. The summed E-state index contributed by atoms with van der Waals surface area (Å²) in [6, 6.07) is 20.9. The fraction of sp³-hybridized carbons (Fsp3) is 0.355. The van der Waals surface area contributed by atoms with Crippen LogP contribution in [-0.2, 0) is 32.6 Å². The number of hydrogen-bond donors (Lipinski definition) is 1. The van der Waals surface area contributed by atoms with E-state index >= 15 is 0 Å². The highest BCUT2D eigenvalue weighted by atomic mass is 35.5.